The van der Waals surface area contributed by atoms with Crippen LogP contribution in [0.5, 0.6) is 5.75 Å². The highest BCUT2D eigenvalue weighted by Gasteiger charge is 2.19. The number of piperazine rings is 1. The number of hydrogen-bond acceptors (Lipinski definition) is 5. The minimum atomic E-state index is -0.484. The van der Waals surface area contributed by atoms with E-state index in [1.54, 1.807) is 19.2 Å². The SMILES string of the molecule is COc1cccc(N2CCN(CCc3oc(=O)[nH]c3-c3ccc(F)cc3)CC2)c1.Cl. The van der Waals surface area contributed by atoms with E-state index in [1.165, 1.54) is 17.8 Å². The summed E-state index contributed by atoms with van der Waals surface area (Å²) in [6.07, 6.45) is 0.616. The van der Waals surface area contributed by atoms with Gasteiger partial charge in [0, 0.05) is 56.5 Å². The number of hydrogen-bond donors (Lipinski definition) is 1. The fourth-order valence-electron chi connectivity index (χ4n) is 3.68. The number of nitrogens with zero attached hydrogens (tertiary/aromatic N) is 2. The first-order valence-electron chi connectivity index (χ1n) is 9.71. The van der Waals surface area contributed by atoms with Crippen LogP contribution >= 0.6 is 12.4 Å². The second-order valence-corrected chi connectivity index (χ2v) is 7.10. The highest BCUT2D eigenvalue weighted by Crippen LogP contribution is 2.23. The van der Waals surface area contributed by atoms with Crippen LogP contribution in [0.2, 0.25) is 0 Å². The smallest absolute Gasteiger partial charge is 0.416 e. The van der Waals surface area contributed by atoms with Crippen LogP contribution in [0.1, 0.15) is 5.76 Å². The van der Waals surface area contributed by atoms with Crippen LogP contribution in [-0.2, 0) is 6.42 Å². The predicted octanol–water partition coefficient (Wildman–Crippen LogP) is 3.57. The number of ether oxygens (including phenoxy) is 1. The maximum Gasteiger partial charge on any atom is 0.416 e. The Morgan fingerprint density at radius 2 is 1.83 bits per heavy atom. The van der Waals surface area contributed by atoms with Crippen molar-refractivity contribution in [3.05, 3.63) is 70.7 Å². The largest absolute Gasteiger partial charge is 0.497 e. The third-order valence-electron chi connectivity index (χ3n) is 5.30. The molecule has 30 heavy (non-hydrogen) atoms. The lowest BCUT2D eigenvalue weighted by Gasteiger charge is -2.36. The molecular weight excluding hydrogens is 409 g/mol. The number of rotatable bonds is 6. The van der Waals surface area contributed by atoms with Gasteiger partial charge in [0.2, 0.25) is 0 Å². The molecule has 1 saturated heterocycles. The van der Waals surface area contributed by atoms with Gasteiger partial charge in [-0.3, -0.25) is 9.88 Å². The van der Waals surface area contributed by atoms with E-state index in [0.29, 0.717) is 17.9 Å². The zero-order valence-corrected chi connectivity index (χ0v) is 17.6. The molecule has 0 spiro atoms. The zero-order chi connectivity index (χ0) is 20.2. The molecule has 0 saturated carbocycles. The summed E-state index contributed by atoms with van der Waals surface area (Å²) in [6.45, 7) is 4.50. The molecule has 3 aromatic rings. The van der Waals surface area contributed by atoms with Gasteiger partial charge in [0.15, 0.2) is 0 Å². The number of nitrogens with one attached hydrogen (secondary N) is 1. The van der Waals surface area contributed by atoms with Gasteiger partial charge in [0.1, 0.15) is 17.3 Å². The summed E-state index contributed by atoms with van der Waals surface area (Å²) in [5, 5.41) is 0. The third-order valence-corrected chi connectivity index (χ3v) is 5.30. The number of benzene rings is 2. The topological polar surface area (TPSA) is 61.7 Å². The highest BCUT2D eigenvalue weighted by atomic mass is 35.5. The molecule has 160 valence electrons. The van der Waals surface area contributed by atoms with Gasteiger partial charge in [-0.05, 0) is 36.4 Å². The van der Waals surface area contributed by atoms with Crippen molar-refractivity contribution in [2.75, 3.05) is 44.7 Å². The fourth-order valence-corrected chi connectivity index (χ4v) is 3.68. The van der Waals surface area contributed by atoms with Gasteiger partial charge in [0.05, 0.1) is 12.8 Å². The number of aromatic amines is 1. The quantitative estimate of drug-likeness (QED) is 0.644. The van der Waals surface area contributed by atoms with E-state index in [9.17, 15) is 9.18 Å². The Balaban J connectivity index is 0.00000256. The lowest BCUT2D eigenvalue weighted by molar-refractivity contribution is 0.254. The molecule has 0 bridgehead atoms. The molecule has 1 aliphatic heterocycles. The molecule has 0 unspecified atom stereocenters. The monoisotopic (exact) mass is 433 g/mol. The number of halogens is 2. The van der Waals surface area contributed by atoms with Crippen LogP contribution in [0.3, 0.4) is 0 Å². The van der Waals surface area contributed by atoms with E-state index in [1.807, 2.05) is 12.1 Å². The van der Waals surface area contributed by atoms with Crippen LogP contribution in [0, 0.1) is 5.82 Å². The molecule has 0 radical (unpaired) electrons. The number of anilines is 1. The van der Waals surface area contributed by atoms with Gasteiger partial charge in [-0.15, -0.1) is 12.4 Å². The van der Waals surface area contributed by atoms with Crippen molar-refractivity contribution < 1.29 is 13.5 Å². The van der Waals surface area contributed by atoms with Gasteiger partial charge >= 0.3 is 5.76 Å². The summed E-state index contributed by atoms with van der Waals surface area (Å²) < 4.78 is 23.8. The second kappa shape index (κ2) is 9.82. The van der Waals surface area contributed by atoms with E-state index < -0.39 is 5.76 Å². The minimum absolute atomic E-state index is 0. The van der Waals surface area contributed by atoms with Gasteiger partial charge in [-0.2, -0.15) is 0 Å². The Morgan fingerprint density at radius 1 is 1.10 bits per heavy atom. The van der Waals surface area contributed by atoms with E-state index in [0.717, 1.165) is 44.0 Å². The lowest BCUT2D eigenvalue weighted by atomic mass is 10.1. The predicted molar refractivity (Wildman–Crippen MR) is 117 cm³/mol. The van der Waals surface area contributed by atoms with Crippen LogP contribution in [0.15, 0.2) is 57.7 Å². The number of aromatic nitrogens is 1. The van der Waals surface area contributed by atoms with Crippen molar-refractivity contribution >= 4 is 18.1 Å². The summed E-state index contributed by atoms with van der Waals surface area (Å²) in [5.74, 6) is 0.676. The Bertz CT molecular complexity index is 1010. The molecule has 1 fully saturated rings. The maximum atomic E-state index is 13.2. The molecule has 0 aliphatic carbocycles. The normalized spacial score (nSPS) is 14.4. The first-order valence-corrected chi connectivity index (χ1v) is 9.71. The highest BCUT2D eigenvalue weighted by molar-refractivity contribution is 5.85. The molecule has 1 aromatic heterocycles. The summed E-state index contributed by atoms with van der Waals surface area (Å²) >= 11 is 0. The van der Waals surface area contributed by atoms with Crippen molar-refractivity contribution in [2.24, 2.45) is 0 Å². The van der Waals surface area contributed by atoms with E-state index in [4.69, 9.17) is 9.15 Å². The molecule has 1 N–H and O–H groups in total. The van der Waals surface area contributed by atoms with Gasteiger partial charge in [-0.1, -0.05) is 6.07 Å². The Hall–Kier alpha value is -2.77. The maximum absolute atomic E-state index is 13.2. The molecule has 0 amide bonds. The summed E-state index contributed by atoms with van der Waals surface area (Å²) in [4.78, 5) is 19.2. The third kappa shape index (κ3) is 5.04. The summed E-state index contributed by atoms with van der Waals surface area (Å²) in [6, 6.07) is 14.2. The molecule has 6 nitrogen and oxygen atoms in total. The van der Waals surface area contributed by atoms with E-state index in [-0.39, 0.29) is 18.2 Å². The first-order chi connectivity index (χ1) is 14.1. The van der Waals surface area contributed by atoms with Crippen molar-refractivity contribution in [3.63, 3.8) is 0 Å². The molecule has 8 heteroatoms. The van der Waals surface area contributed by atoms with Crippen molar-refractivity contribution in [1.82, 2.24) is 9.88 Å². The fraction of sp³-hybridized carbons (Fsp3) is 0.318. The molecule has 2 aromatic carbocycles. The Morgan fingerprint density at radius 3 is 2.53 bits per heavy atom. The van der Waals surface area contributed by atoms with Crippen LogP contribution in [0.25, 0.3) is 11.3 Å². The molecule has 4 rings (SSSR count). The second-order valence-electron chi connectivity index (χ2n) is 7.10. The van der Waals surface area contributed by atoms with E-state index >= 15 is 0 Å². The van der Waals surface area contributed by atoms with Crippen LogP contribution in [-0.4, -0.2) is 49.7 Å². The average molecular weight is 434 g/mol. The summed E-state index contributed by atoms with van der Waals surface area (Å²) in [7, 11) is 1.68. The molecule has 0 atom stereocenters. The number of oxazole rings is 1. The van der Waals surface area contributed by atoms with Crippen molar-refractivity contribution in [1.29, 1.82) is 0 Å². The van der Waals surface area contributed by atoms with Gasteiger partial charge in [0.25, 0.3) is 0 Å². The van der Waals surface area contributed by atoms with Gasteiger partial charge in [-0.25, -0.2) is 9.18 Å². The molecule has 1 aliphatic rings. The zero-order valence-electron chi connectivity index (χ0n) is 16.8. The van der Waals surface area contributed by atoms with Gasteiger partial charge < -0.3 is 14.1 Å². The van der Waals surface area contributed by atoms with Crippen molar-refractivity contribution in [3.8, 4) is 17.0 Å². The first kappa shape index (κ1) is 21.9. The Labute approximate surface area is 180 Å². The minimum Gasteiger partial charge on any atom is -0.497 e. The van der Waals surface area contributed by atoms with E-state index in [2.05, 4.69) is 26.9 Å². The number of methoxy groups -OCH3 is 1. The van der Waals surface area contributed by atoms with Crippen molar-refractivity contribution in [2.45, 2.75) is 6.42 Å². The lowest BCUT2D eigenvalue weighted by Crippen LogP contribution is -2.47. The van der Waals surface area contributed by atoms with Crippen LogP contribution < -0.4 is 15.4 Å². The Kier molecular flexibility index (Phi) is 7.18. The number of H-pyrrole nitrogens is 1. The molecular formula is C22H25ClFN3O3. The standard InChI is InChI=1S/C22H24FN3O3.ClH/c1-28-19-4-2-3-18(15-19)26-13-11-25(12-14-26)10-9-20-21(24-22(27)29-20)16-5-7-17(23)8-6-16;/h2-8,15H,9-14H2,1H3,(H,24,27);1H. The molecule has 2 heterocycles. The summed E-state index contributed by atoms with van der Waals surface area (Å²) in [5.41, 5.74) is 2.54. The average Bonchev–Trinajstić information content (AvgIpc) is 3.13. The van der Waals surface area contributed by atoms with Crippen LogP contribution in [0.4, 0.5) is 10.1 Å².